The zero-order valence-corrected chi connectivity index (χ0v) is 20.0. The summed E-state index contributed by atoms with van der Waals surface area (Å²) in [6, 6.07) is 23.0. The summed E-state index contributed by atoms with van der Waals surface area (Å²) in [6.45, 7) is 0. The Labute approximate surface area is 216 Å². The van der Waals surface area contributed by atoms with E-state index in [0.717, 1.165) is 16.3 Å². The molecule has 188 valence electrons. The third-order valence-electron chi connectivity index (χ3n) is 8.06. The van der Waals surface area contributed by atoms with E-state index in [2.05, 4.69) is 10.6 Å². The number of anilines is 2. The van der Waals surface area contributed by atoms with Crippen LogP contribution in [0.25, 0.3) is 10.8 Å². The maximum absolute atomic E-state index is 14.5. The van der Waals surface area contributed by atoms with E-state index >= 15 is 0 Å². The molecule has 38 heavy (non-hydrogen) atoms. The molecule has 1 spiro atoms. The minimum absolute atomic E-state index is 0.108. The number of nitrogens with zero attached hydrogens (tertiary/aromatic N) is 1. The Kier molecular flexibility index (Phi) is 4.74. The number of carbonyl (C=O) groups is 3. The van der Waals surface area contributed by atoms with Crippen LogP contribution in [0, 0.1) is 17.7 Å². The van der Waals surface area contributed by atoms with E-state index in [0.29, 0.717) is 23.4 Å². The van der Waals surface area contributed by atoms with Gasteiger partial charge < -0.3 is 10.4 Å². The Hall–Kier alpha value is -4.56. The average Bonchev–Trinajstić information content (AvgIpc) is 3.49. The number of rotatable bonds is 3. The molecule has 3 aliphatic rings. The van der Waals surface area contributed by atoms with Crippen LogP contribution in [0.3, 0.4) is 0 Å². The van der Waals surface area contributed by atoms with E-state index in [1.807, 2.05) is 30.3 Å². The fraction of sp³-hybridized carbons (Fsp3) is 0.167. The van der Waals surface area contributed by atoms with Gasteiger partial charge >= 0.3 is 0 Å². The van der Waals surface area contributed by atoms with E-state index in [1.165, 1.54) is 23.1 Å². The first-order valence-corrected chi connectivity index (χ1v) is 12.4. The second-order valence-corrected chi connectivity index (χ2v) is 10.1. The molecule has 4 aromatic carbocycles. The van der Waals surface area contributed by atoms with Gasteiger partial charge in [-0.15, -0.1) is 0 Å². The first kappa shape index (κ1) is 22.6. The highest BCUT2D eigenvalue weighted by atomic mass is 19.1. The van der Waals surface area contributed by atoms with E-state index in [1.54, 1.807) is 36.4 Å². The molecule has 0 aliphatic carbocycles. The molecular formula is C30H22FN3O4. The quantitative estimate of drug-likeness (QED) is 0.366. The van der Waals surface area contributed by atoms with Crippen LogP contribution in [0.1, 0.15) is 11.1 Å². The molecule has 3 aliphatic heterocycles. The first-order chi connectivity index (χ1) is 18.4. The summed E-state index contributed by atoms with van der Waals surface area (Å²) < 4.78 is 14.5. The van der Waals surface area contributed by atoms with Gasteiger partial charge in [0.25, 0.3) is 0 Å². The van der Waals surface area contributed by atoms with Gasteiger partial charge in [-0.3, -0.25) is 19.7 Å². The maximum atomic E-state index is 14.5. The number of phenolic OH excluding ortho intramolecular Hbond substituents is 1. The minimum atomic E-state index is -1.60. The molecule has 4 atom stereocenters. The van der Waals surface area contributed by atoms with Gasteiger partial charge in [-0.2, -0.15) is 0 Å². The molecule has 4 aromatic rings. The smallest absolute Gasteiger partial charge is 0.250 e. The Bertz CT molecular complexity index is 1670. The van der Waals surface area contributed by atoms with Gasteiger partial charge in [0, 0.05) is 17.3 Å². The number of amides is 3. The van der Waals surface area contributed by atoms with Crippen molar-refractivity contribution in [3.63, 3.8) is 0 Å². The fourth-order valence-electron chi connectivity index (χ4n) is 6.41. The molecule has 3 amide bonds. The summed E-state index contributed by atoms with van der Waals surface area (Å²) in [6.07, 6.45) is 0.325. The van der Waals surface area contributed by atoms with Gasteiger partial charge in [0.15, 0.2) is 0 Å². The summed E-state index contributed by atoms with van der Waals surface area (Å²) in [5, 5.41) is 17.7. The minimum Gasteiger partial charge on any atom is -0.508 e. The van der Waals surface area contributed by atoms with Crippen molar-refractivity contribution in [2.24, 2.45) is 11.8 Å². The fourth-order valence-corrected chi connectivity index (χ4v) is 6.41. The van der Waals surface area contributed by atoms with Crippen LogP contribution in [0.2, 0.25) is 0 Å². The number of hydrogen-bond acceptors (Lipinski definition) is 5. The second kappa shape index (κ2) is 7.97. The lowest BCUT2D eigenvalue weighted by molar-refractivity contribution is -0.130. The van der Waals surface area contributed by atoms with E-state index in [-0.39, 0.29) is 5.75 Å². The van der Waals surface area contributed by atoms with Crippen molar-refractivity contribution in [2.45, 2.75) is 18.0 Å². The number of imide groups is 1. The predicted octanol–water partition coefficient (Wildman–Crippen LogP) is 3.85. The molecule has 0 aromatic heterocycles. The van der Waals surface area contributed by atoms with Crippen LogP contribution in [-0.4, -0.2) is 28.9 Å². The van der Waals surface area contributed by atoms with Gasteiger partial charge in [0.2, 0.25) is 17.7 Å². The van der Waals surface area contributed by atoms with Crippen molar-refractivity contribution >= 4 is 39.9 Å². The van der Waals surface area contributed by atoms with Gasteiger partial charge in [-0.25, -0.2) is 9.29 Å². The normalized spacial score (nSPS) is 25.8. The van der Waals surface area contributed by atoms with Crippen molar-refractivity contribution < 1.29 is 23.9 Å². The summed E-state index contributed by atoms with van der Waals surface area (Å²) in [7, 11) is 0. The van der Waals surface area contributed by atoms with E-state index in [9.17, 15) is 23.9 Å². The van der Waals surface area contributed by atoms with Crippen molar-refractivity contribution in [1.29, 1.82) is 0 Å². The molecule has 2 fully saturated rings. The van der Waals surface area contributed by atoms with Crippen molar-refractivity contribution in [3.05, 3.63) is 102 Å². The number of benzene rings is 4. The third kappa shape index (κ3) is 3.07. The lowest BCUT2D eigenvalue weighted by atomic mass is 9.76. The number of fused-ring (bicyclic) bond motifs is 5. The topological polar surface area (TPSA) is 98.7 Å². The lowest BCUT2D eigenvalue weighted by Gasteiger charge is -2.29. The largest absolute Gasteiger partial charge is 0.508 e. The Morgan fingerprint density at radius 1 is 0.868 bits per heavy atom. The Morgan fingerprint density at radius 3 is 2.42 bits per heavy atom. The zero-order valence-electron chi connectivity index (χ0n) is 20.0. The summed E-state index contributed by atoms with van der Waals surface area (Å²) in [5.41, 5.74) is 0.398. The molecule has 2 saturated heterocycles. The van der Waals surface area contributed by atoms with Crippen molar-refractivity contribution in [1.82, 2.24) is 5.32 Å². The molecule has 8 heteroatoms. The molecule has 0 unspecified atom stereocenters. The highest BCUT2D eigenvalue weighted by molar-refractivity contribution is 6.26. The Morgan fingerprint density at radius 2 is 1.63 bits per heavy atom. The standard InChI is InChI=1S/C30H22FN3O4/c31-19-8-12-23-22(15-19)30(29(38)32-23)26-25(24(33-30)13-16-5-10-21(35)11-6-16)27(36)34(28(26)37)20-9-7-17-3-1-2-4-18(17)14-20/h1-12,14-15,24-26,33,35H,13H2,(H,32,38)/t24-,25+,26-,30+/m0/s1. The van der Waals surface area contributed by atoms with Crippen molar-refractivity contribution in [3.8, 4) is 5.75 Å². The molecular weight excluding hydrogens is 485 g/mol. The van der Waals surface area contributed by atoms with Crippen LogP contribution in [0.4, 0.5) is 15.8 Å². The second-order valence-electron chi connectivity index (χ2n) is 10.1. The third-order valence-corrected chi connectivity index (χ3v) is 8.06. The van der Waals surface area contributed by atoms with Crippen LogP contribution in [0.5, 0.6) is 5.75 Å². The lowest BCUT2D eigenvalue weighted by Crippen LogP contribution is -2.53. The number of aromatic hydroxyl groups is 1. The molecule has 3 N–H and O–H groups in total. The molecule has 7 rings (SSSR count). The van der Waals surface area contributed by atoms with Gasteiger partial charge in [0.1, 0.15) is 17.1 Å². The van der Waals surface area contributed by atoms with Crippen LogP contribution in [-0.2, 0) is 26.3 Å². The van der Waals surface area contributed by atoms with Crippen molar-refractivity contribution in [2.75, 3.05) is 10.2 Å². The maximum Gasteiger partial charge on any atom is 0.250 e. The van der Waals surface area contributed by atoms with Gasteiger partial charge in [0.05, 0.1) is 17.5 Å². The average molecular weight is 508 g/mol. The number of nitrogens with one attached hydrogen (secondary N) is 2. The van der Waals surface area contributed by atoms with Crippen LogP contribution >= 0.6 is 0 Å². The van der Waals surface area contributed by atoms with Crippen LogP contribution in [0.15, 0.2) is 84.9 Å². The van der Waals surface area contributed by atoms with Gasteiger partial charge in [-0.05, 0) is 65.2 Å². The van der Waals surface area contributed by atoms with Gasteiger partial charge in [-0.1, -0.05) is 42.5 Å². The van der Waals surface area contributed by atoms with Crippen LogP contribution < -0.4 is 15.5 Å². The highest BCUT2D eigenvalue weighted by Crippen LogP contribution is 2.54. The number of hydrogen-bond donors (Lipinski definition) is 3. The molecule has 7 nitrogen and oxygen atoms in total. The predicted molar refractivity (Wildman–Crippen MR) is 139 cm³/mol. The number of halogens is 1. The number of phenols is 1. The Balaban J connectivity index is 1.37. The monoisotopic (exact) mass is 507 g/mol. The highest BCUT2D eigenvalue weighted by Gasteiger charge is 2.70. The summed E-state index contributed by atoms with van der Waals surface area (Å²) in [4.78, 5) is 43.0. The summed E-state index contributed by atoms with van der Waals surface area (Å²) in [5.74, 6) is -3.73. The van der Waals surface area contributed by atoms with E-state index < -0.39 is 47.0 Å². The number of carbonyl (C=O) groups excluding carboxylic acids is 3. The zero-order chi connectivity index (χ0) is 26.2. The molecule has 0 bridgehead atoms. The molecule has 3 heterocycles. The first-order valence-electron chi connectivity index (χ1n) is 12.4. The molecule has 0 saturated carbocycles. The SMILES string of the molecule is O=C1[C@@H]2[C@H](Cc3ccc(O)cc3)N[C@@]3(C(=O)Nc4ccc(F)cc43)[C@@H]2C(=O)N1c1ccc2ccccc2c1. The molecule has 0 radical (unpaired) electrons. The van der Waals surface area contributed by atoms with E-state index in [4.69, 9.17) is 0 Å². The summed E-state index contributed by atoms with van der Waals surface area (Å²) >= 11 is 0.